The highest BCUT2D eigenvalue weighted by molar-refractivity contribution is 7.91. The predicted molar refractivity (Wildman–Crippen MR) is 82.8 cm³/mol. The van der Waals surface area contributed by atoms with Crippen molar-refractivity contribution in [3.05, 3.63) is 46.8 Å². The van der Waals surface area contributed by atoms with Crippen LogP contribution in [0.4, 0.5) is 0 Å². The van der Waals surface area contributed by atoms with Crippen molar-refractivity contribution in [2.75, 3.05) is 7.05 Å². The summed E-state index contributed by atoms with van der Waals surface area (Å²) in [4.78, 5) is 0.970. The molecule has 0 bridgehead atoms. The minimum absolute atomic E-state index is 0.176. The highest BCUT2D eigenvalue weighted by Crippen LogP contribution is 2.26. The summed E-state index contributed by atoms with van der Waals surface area (Å²) in [6, 6.07) is 8.94. The van der Waals surface area contributed by atoms with Gasteiger partial charge in [-0.05, 0) is 22.9 Å². The van der Waals surface area contributed by atoms with E-state index in [1.54, 1.807) is 34.9 Å². The molecule has 3 aromatic rings. The number of thiophene rings is 2. The standard InChI is InChI=1S/C13H12N2O3S3/c1-15(21(16,17)13-5-3-7-20-13)9-10-8-11(18-14-10)12-4-2-6-19-12/h2-8H,9H2,1H3. The van der Waals surface area contributed by atoms with Crippen molar-refractivity contribution in [1.82, 2.24) is 9.46 Å². The Labute approximate surface area is 130 Å². The first-order valence-electron chi connectivity index (χ1n) is 6.07. The summed E-state index contributed by atoms with van der Waals surface area (Å²) in [7, 11) is -1.93. The zero-order chi connectivity index (χ0) is 14.9. The normalized spacial score (nSPS) is 12.1. The molecular formula is C13H12N2O3S3. The van der Waals surface area contributed by atoms with Crippen molar-refractivity contribution in [2.45, 2.75) is 10.8 Å². The van der Waals surface area contributed by atoms with Crippen molar-refractivity contribution >= 4 is 32.7 Å². The van der Waals surface area contributed by atoms with Gasteiger partial charge in [-0.2, -0.15) is 4.31 Å². The Hall–Kier alpha value is -1.48. The maximum Gasteiger partial charge on any atom is 0.252 e. The number of hydrogen-bond acceptors (Lipinski definition) is 6. The Kier molecular flexibility index (Phi) is 3.94. The molecule has 0 fully saturated rings. The van der Waals surface area contributed by atoms with Crippen LogP contribution in [-0.2, 0) is 16.6 Å². The number of sulfonamides is 1. The number of aromatic nitrogens is 1. The van der Waals surface area contributed by atoms with Gasteiger partial charge in [-0.25, -0.2) is 8.42 Å². The average Bonchev–Trinajstić information content (AvgIpc) is 3.20. The summed E-state index contributed by atoms with van der Waals surface area (Å²) in [6.45, 7) is 0.176. The Bertz CT molecular complexity index is 805. The van der Waals surface area contributed by atoms with Gasteiger partial charge in [-0.3, -0.25) is 0 Å². The number of nitrogens with zero attached hydrogens (tertiary/aromatic N) is 2. The van der Waals surface area contributed by atoms with E-state index in [0.717, 1.165) is 4.88 Å². The summed E-state index contributed by atoms with van der Waals surface area (Å²) in [5.41, 5.74) is 0.584. The minimum Gasteiger partial charge on any atom is -0.355 e. The molecule has 0 saturated carbocycles. The van der Waals surface area contributed by atoms with Crippen LogP contribution in [0.15, 0.2) is 49.8 Å². The molecular weight excluding hydrogens is 328 g/mol. The van der Waals surface area contributed by atoms with Crippen molar-refractivity contribution in [2.24, 2.45) is 0 Å². The maximum absolute atomic E-state index is 12.3. The topological polar surface area (TPSA) is 63.4 Å². The van der Waals surface area contributed by atoms with Crippen molar-refractivity contribution in [3.8, 4) is 10.6 Å². The van der Waals surface area contributed by atoms with Crippen LogP contribution in [-0.4, -0.2) is 24.9 Å². The molecule has 0 atom stereocenters. The van der Waals surface area contributed by atoms with E-state index in [4.69, 9.17) is 4.52 Å². The van der Waals surface area contributed by atoms with E-state index in [-0.39, 0.29) is 6.54 Å². The lowest BCUT2D eigenvalue weighted by Crippen LogP contribution is -2.25. The Morgan fingerprint density at radius 2 is 2.00 bits per heavy atom. The van der Waals surface area contributed by atoms with Crippen LogP contribution >= 0.6 is 22.7 Å². The Balaban J connectivity index is 1.78. The van der Waals surface area contributed by atoms with Crippen molar-refractivity contribution in [1.29, 1.82) is 0 Å². The zero-order valence-corrected chi connectivity index (χ0v) is 13.5. The third kappa shape index (κ3) is 2.93. The van der Waals surface area contributed by atoms with Gasteiger partial charge in [-0.1, -0.05) is 17.3 Å². The third-order valence-electron chi connectivity index (χ3n) is 2.87. The van der Waals surface area contributed by atoms with E-state index < -0.39 is 10.0 Å². The van der Waals surface area contributed by atoms with Crippen LogP contribution in [0.25, 0.3) is 10.6 Å². The molecule has 0 unspecified atom stereocenters. The first kappa shape index (κ1) is 14.5. The summed E-state index contributed by atoms with van der Waals surface area (Å²) in [6.07, 6.45) is 0. The molecule has 0 aromatic carbocycles. The van der Waals surface area contributed by atoms with Gasteiger partial charge in [-0.15, -0.1) is 22.7 Å². The molecule has 8 heteroatoms. The second-order valence-electron chi connectivity index (χ2n) is 4.35. The molecule has 3 aromatic heterocycles. The number of rotatable bonds is 5. The highest BCUT2D eigenvalue weighted by atomic mass is 32.2. The quantitative estimate of drug-likeness (QED) is 0.715. The predicted octanol–water partition coefficient (Wildman–Crippen LogP) is 3.29. The SMILES string of the molecule is CN(Cc1cc(-c2cccs2)on1)S(=O)(=O)c1cccs1. The Morgan fingerprint density at radius 3 is 2.67 bits per heavy atom. The van der Waals surface area contributed by atoms with Crippen LogP contribution in [0.2, 0.25) is 0 Å². The van der Waals surface area contributed by atoms with Crippen LogP contribution in [0.1, 0.15) is 5.69 Å². The van der Waals surface area contributed by atoms with E-state index in [1.165, 1.54) is 22.7 Å². The Morgan fingerprint density at radius 1 is 1.24 bits per heavy atom. The molecule has 110 valence electrons. The van der Waals surface area contributed by atoms with Gasteiger partial charge >= 0.3 is 0 Å². The van der Waals surface area contributed by atoms with Crippen LogP contribution in [0.5, 0.6) is 0 Å². The highest BCUT2D eigenvalue weighted by Gasteiger charge is 2.23. The molecule has 0 radical (unpaired) electrons. The second-order valence-corrected chi connectivity index (χ2v) is 8.52. The van der Waals surface area contributed by atoms with Crippen molar-refractivity contribution in [3.63, 3.8) is 0 Å². The lowest BCUT2D eigenvalue weighted by molar-refractivity contribution is 0.403. The smallest absolute Gasteiger partial charge is 0.252 e. The van der Waals surface area contributed by atoms with Crippen LogP contribution in [0, 0.1) is 0 Å². The van der Waals surface area contributed by atoms with Gasteiger partial charge in [0.1, 0.15) is 4.21 Å². The molecule has 0 spiro atoms. The lowest BCUT2D eigenvalue weighted by atomic mass is 10.3. The van der Waals surface area contributed by atoms with Gasteiger partial charge in [0.2, 0.25) is 0 Å². The summed E-state index contributed by atoms with van der Waals surface area (Å²) in [5, 5.41) is 7.63. The van der Waals surface area contributed by atoms with Gasteiger partial charge in [0, 0.05) is 13.1 Å². The van der Waals surface area contributed by atoms with E-state index >= 15 is 0 Å². The van der Waals surface area contributed by atoms with Gasteiger partial charge in [0.25, 0.3) is 10.0 Å². The van der Waals surface area contributed by atoms with Crippen molar-refractivity contribution < 1.29 is 12.9 Å². The van der Waals surface area contributed by atoms with E-state index in [9.17, 15) is 8.42 Å². The molecule has 0 N–H and O–H groups in total. The van der Waals surface area contributed by atoms with Crippen LogP contribution in [0.3, 0.4) is 0 Å². The fourth-order valence-corrected chi connectivity index (χ4v) is 4.81. The van der Waals surface area contributed by atoms with Gasteiger partial charge in [0.15, 0.2) is 5.76 Å². The average molecular weight is 340 g/mol. The van der Waals surface area contributed by atoms with Crippen LogP contribution < -0.4 is 0 Å². The first-order valence-corrected chi connectivity index (χ1v) is 9.26. The maximum atomic E-state index is 12.3. The molecule has 3 rings (SSSR count). The molecule has 0 aliphatic rings. The summed E-state index contributed by atoms with van der Waals surface area (Å²) >= 11 is 2.75. The van der Waals surface area contributed by atoms with Gasteiger partial charge in [0.05, 0.1) is 17.1 Å². The lowest BCUT2D eigenvalue weighted by Gasteiger charge is -2.13. The minimum atomic E-state index is -3.47. The fraction of sp³-hybridized carbons (Fsp3) is 0.154. The number of hydrogen-bond donors (Lipinski definition) is 0. The van der Waals surface area contributed by atoms with E-state index in [2.05, 4.69) is 5.16 Å². The van der Waals surface area contributed by atoms with Gasteiger partial charge < -0.3 is 4.52 Å². The monoisotopic (exact) mass is 340 g/mol. The molecule has 21 heavy (non-hydrogen) atoms. The molecule has 5 nitrogen and oxygen atoms in total. The molecule has 0 amide bonds. The molecule has 0 saturated heterocycles. The second kappa shape index (κ2) is 5.72. The molecule has 0 aliphatic carbocycles. The fourth-order valence-electron chi connectivity index (χ4n) is 1.80. The largest absolute Gasteiger partial charge is 0.355 e. The summed E-state index contributed by atoms with van der Waals surface area (Å²) in [5.74, 6) is 0.655. The molecule has 0 aliphatic heterocycles. The third-order valence-corrected chi connectivity index (χ3v) is 6.93. The zero-order valence-electron chi connectivity index (χ0n) is 11.1. The van der Waals surface area contributed by atoms with E-state index in [0.29, 0.717) is 15.7 Å². The molecule has 3 heterocycles. The first-order chi connectivity index (χ1) is 10.1. The summed E-state index contributed by atoms with van der Waals surface area (Å²) < 4.78 is 31.5. The van der Waals surface area contributed by atoms with E-state index in [1.807, 2.05) is 17.5 Å².